The first-order valence-corrected chi connectivity index (χ1v) is 9.55. The summed E-state index contributed by atoms with van der Waals surface area (Å²) in [5, 5.41) is 0. The number of nitrogens with zero attached hydrogens (tertiary/aromatic N) is 2. The number of hydrogen-bond donors (Lipinski definition) is 1. The minimum atomic E-state index is -3.82. The van der Waals surface area contributed by atoms with Gasteiger partial charge in [0, 0.05) is 19.2 Å². The third-order valence-corrected chi connectivity index (χ3v) is 5.42. The monoisotopic (exact) mass is 379 g/mol. The Kier molecular flexibility index (Phi) is 5.48. The van der Waals surface area contributed by atoms with E-state index in [-0.39, 0.29) is 10.6 Å². The van der Waals surface area contributed by atoms with E-state index in [1.165, 1.54) is 32.5 Å². The van der Waals surface area contributed by atoms with Crippen LogP contribution < -0.4 is 19.1 Å². The molecular weight excluding hydrogens is 358 g/mol. The fraction of sp³-hybridized carbons (Fsp3) is 0.353. The van der Waals surface area contributed by atoms with E-state index in [4.69, 9.17) is 14.2 Å². The van der Waals surface area contributed by atoms with Crippen LogP contribution >= 0.6 is 0 Å². The topological polar surface area (TPSA) is 90.0 Å². The highest BCUT2D eigenvalue weighted by Crippen LogP contribution is 2.29. The predicted octanol–water partition coefficient (Wildman–Crippen LogP) is 1.74. The second-order valence-electron chi connectivity index (χ2n) is 5.63. The molecule has 0 atom stereocenters. The highest BCUT2D eigenvalue weighted by molar-refractivity contribution is 7.92. The van der Waals surface area contributed by atoms with Crippen LogP contribution in [0.4, 0.5) is 11.5 Å². The average Bonchev–Trinajstić information content (AvgIpc) is 2.68. The quantitative estimate of drug-likeness (QED) is 0.817. The molecule has 1 N–H and O–H groups in total. The molecule has 1 aromatic carbocycles. The highest BCUT2D eigenvalue weighted by atomic mass is 32.2. The molecule has 2 aromatic rings. The molecule has 0 aliphatic carbocycles. The summed E-state index contributed by atoms with van der Waals surface area (Å²) in [4.78, 5) is 6.46. The SMILES string of the molecule is COc1ccc(S(=O)(=O)Nc2ccc(N3CCOCC3)nc2)c(OC)c1. The predicted molar refractivity (Wildman–Crippen MR) is 97.6 cm³/mol. The van der Waals surface area contributed by atoms with Gasteiger partial charge in [-0.2, -0.15) is 0 Å². The Balaban J connectivity index is 1.79. The summed E-state index contributed by atoms with van der Waals surface area (Å²) >= 11 is 0. The van der Waals surface area contributed by atoms with Crippen LogP contribution in [0.2, 0.25) is 0 Å². The standard InChI is InChI=1S/C17H21N3O5S/c1-23-14-4-5-16(15(11-14)24-2)26(21,22)19-13-3-6-17(18-12-13)20-7-9-25-10-8-20/h3-6,11-12,19H,7-10H2,1-2H3. The van der Waals surface area contributed by atoms with Gasteiger partial charge < -0.3 is 19.1 Å². The molecule has 0 amide bonds. The van der Waals surface area contributed by atoms with Gasteiger partial charge in [0.2, 0.25) is 0 Å². The van der Waals surface area contributed by atoms with Gasteiger partial charge >= 0.3 is 0 Å². The van der Waals surface area contributed by atoms with Crippen molar-refractivity contribution in [3.63, 3.8) is 0 Å². The van der Waals surface area contributed by atoms with Gasteiger partial charge in [-0.3, -0.25) is 4.72 Å². The van der Waals surface area contributed by atoms with Crippen LogP contribution in [0.25, 0.3) is 0 Å². The van der Waals surface area contributed by atoms with Gasteiger partial charge in [-0.15, -0.1) is 0 Å². The van der Waals surface area contributed by atoms with Crippen LogP contribution in [-0.2, 0) is 14.8 Å². The van der Waals surface area contributed by atoms with Crippen molar-refractivity contribution in [3.05, 3.63) is 36.5 Å². The number of aromatic nitrogens is 1. The zero-order valence-electron chi connectivity index (χ0n) is 14.6. The van der Waals surface area contributed by atoms with Crippen molar-refractivity contribution in [2.24, 2.45) is 0 Å². The van der Waals surface area contributed by atoms with Gasteiger partial charge in [-0.25, -0.2) is 13.4 Å². The number of benzene rings is 1. The van der Waals surface area contributed by atoms with E-state index < -0.39 is 10.0 Å². The lowest BCUT2D eigenvalue weighted by Gasteiger charge is -2.27. The van der Waals surface area contributed by atoms with E-state index in [1.54, 1.807) is 18.2 Å². The molecule has 8 nitrogen and oxygen atoms in total. The van der Waals surface area contributed by atoms with Crippen LogP contribution in [0.1, 0.15) is 0 Å². The maximum atomic E-state index is 12.7. The summed E-state index contributed by atoms with van der Waals surface area (Å²) in [6.07, 6.45) is 1.50. The first-order valence-electron chi connectivity index (χ1n) is 8.07. The molecule has 0 saturated carbocycles. The number of nitrogens with one attached hydrogen (secondary N) is 1. The molecule has 140 valence electrons. The van der Waals surface area contributed by atoms with E-state index in [1.807, 2.05) is 0 Å². The summed E-state index contributed by atoms with van der Waals surface area (Å²) in [5.41, 5.74) is 0.375. The lowest BCUT2D eigenvalue weighted by Crippen LogP contribution is -2.36. The molecule has 0 spiro atoms. The average molecular weight is 379 g/mol. The molecular formula is C17H21N3O5S. The number of morpholine rings is 1. The third kappa shape index (κ3) is 4.00. The number of rotatable bonds is 6. The minimum Gasteiger partial charge on any atom is -0.497 e. The smallest absolute Gasteiger partial charge is 0.265 e. The van der Waals surface area contributed by atoms with E-state index in [9.17, 15) is 8.42 Å². The Bertz CT molecular complexity index is 849. The summed E-state index contributed by atoms with van der Waals surface area (Å²) in [7, 11) is -0.911. The number of hydrogen-bond acceptors (Lipinski definition) is 7. The van der Waals surface area contributed by atoms with Gasteiger partial charge in [0.25, 0.3) is 10.0 Å². The number of methoxy groups -OCH3 is 2. The fourth-order valence-corrected chi connectivity index (χ4v) is 3.83. The van der Waals surface area contributed by atoms with E-state index in [0.717, 1.165) is 18.9 Å². The number of ether oxygens (including phenoxy) is 3. The van der Waals surface area contributed by atoms with Crippen molar-refractivity contribution >= 4 is 21.5 Å². The first-order chi connectivity index (χ1) is 12.5. The van der Waals surface area contributed by atoms with Gasteiger partial charge in [0.05, 0.1) is 39.3 Å². The zero-order chi connectivity index (χ0) is 18.6. The van der Waals surface area contributed by atoms with E-state index in [0.29, 0.717) is 24.7 Å². The minimum absolute atomic E-state index is 0.0260. The molecule has 1 saturated heterocycles. The van der Waals surface area contributed by atoms with Crippen molar-refractivity contribution in [3.8, 4) is 11.5 Å². The molecule has 1 fully saturated rings. The van der Waals surface area contributed by atoms with Gasteiger partial charge in [-0.05, 0) is 24.3 Å². The molecule has 2 heterocycles. The summed E-state index contributed by atoms with van der Waals surface area (Å²) < 4.78 is 43.5. The Hall–Kier alpha value is -2.52. The van der Waals surface area contributed by atoms with Gasteiger partial charge in [0.1, 0.15) is 22.2 Å². The van der Waals surface area contributed by atoms with Gasteiger partial charge in [0.15, 0.2) is 0 Å². The van der Waals surface area contributed by atoms with Crippen molar-refractivity contribution in [2.45, 2.75) is 4.90 Å². The van der Waals surface area contributed by atoms with Crippen molar-refractivity contribution in [1.29, 1.82) is 0 Å². The maximum absolute atomic E-state index is 12.7. The normalized spacial score (nSPS) is 14.8. The molecule has 9 heteroatoms. The lowest BCUT2D eigenvalue weighted by molar-refractivity contribution is 0.122. The molecule has 3 rings (SSSR count). The van der Waals surface area contributed by atoms with Gasteiger partial charge in [-0.1, -0.05) is 0 Å². The number of sulfonamides is 1. The van der Waals surface area contributed by atoms with Crippen LogP contribution in [0.3, 0.4) is 0 Å². The molecule has 0 unspecified atom stereocenters. The Morgan fingerprint density at radius 1 is 1.12 bits per heavy atom. The van der Waals surface area contributed by atoms with Crippen molar-refractivity contribution in [2.75, 3.05) is 50.1 Å². The largest absolute Gasteiger partial charge is 0.497 e. The Labute approximate surface area is 152 Å². The summed E-state index contributed by atoms with van der Waals surface area (Å²) in [6.45, 7) is 2.85. The van der Waals surface area contributed by atoms with Crippen LogP contribution in [0, 0.1) is 0 Å². The Morgan fingerprint density at radius 2 is 1.88 bits per heavy atom. The second kappa shape index (κ2) is 7.79. The first kappa shape index (κ1) is 18.3. The third-order valence-electron chi connectivity index (χ3n) is 4.00. The van der Waals surface area contributed by atoms with Crippen molar-refractivity contribution in [1.82, 2.24) is 4.98 Å². The molecule has 26 heavy (non-hydrogen) atoms. The molecule has 1 aromatic heterocycles. The highest BCUT2D eigenvalue weighted by Gasteiger charge is 2.21. The fourth-order valence-electron chi connectivity index (χ4n) is 2.63. The van der Waals surface area contributed by atoms with Crippen molar-refractivity contribution < 1.29 is 22.6 Å². The van der Waals surface area contributed by atoms with Crippen LogP contribution in [0.5, 0.6) is 11.5 Å². The van der Waals surface area contributed by atoms with Crippen LogP contribution in [-0.4, -0.2) is 53.9 Å². The number of pyridine rings is 1. The second-order valence-corrected chi connectivity index (χ2v) is 7.28. The lowest BCUT2D eigenvalue weighted by atomic mass is 10.3. The number of anilines is 2. The van der Waals surface area contributed by atoms with E-state index in [2.05, 4.69) is 14.6 Å². The molecule has 1 aliphatic heterocycles. The maximum Gasteiger partial charge on any atom is 0.265 e. The summed E-state index contributed by atoms with van der Waals surface area (Å²) in [6, 6.07) is 8.00. The molecule has 1 aliphatic rings. The molecule has 0 bridgehead atoms. The molecule has 0 radical (unpaired) electrons. The Morgan fingerprint density at radius 3 is 2.50 bits per heavy atom. The summed E-state index contributed by atoms with van der Waals surface area (Å²) in [5.74, 6) is 1.50. The van der Waals surface area contributed by atoms with E-state index >= 15 is 0 Å². The zero-order valence-corrected chi connectivity index (χ0v) is 15.5. The van der Waals surface area contributed by atoms with Crippen LogP contribution in [0.15, 0.2) is 41.4 Å².